The largest absolute Gasteiger partial charge is 0.479 e. The molecule has 0 saturated heterocycles. The lowest BCUT2D eigenvalue weighted by atomic mass is 10.1. The lowest BCUT2D eigenvalue weighted by molar-refractivity contribution is -0.165. The Hall–Kier alpha value is -2.57. The van der Waals surface area contributed by atoms with Gasteiger partial charge in [0.05, 0.1) is 0 Å². The molecule has 1 aromatic carbocycles. The molecular weight excluding hydrogens is 300 g/mol. The van der Waals surface area contributed by atoms with E-state index in [2.05, 4.69) is 0 Å². The lowest BCUT2D eigenvalue weighted by Gasteiger charge is -2.23. The van der Waals surface area contributed by atoms with Crippen molar-refractivity contribution in [1.82, 2.24) is 5.32 Å². The van der Waals surface area contributed by atoms with E-state index in [1.165, 1.54) is 0 Å². The Balaban J connectivity index is 2.75. The van der Waals surface area contributed by atoms with E-state index in [9.17, 15) is 14.4 Å². The van der Waals surface area contributed by atoms with Crippen LogP contribution < -0.4 is 15.8 Å². The molecule has 0 heterocycles. The molecule has 7 heteroatoms. The standard InChI is InChI=1S/C16H22N2O5/c1-4-12(22-11-8-6-5-7-9-11)15(20)23-13(10(2)3)14(19)18-16(17)21/h5-10,12-13H,4H2,1-3H3,(H3,17,18,19,21)/t12-,13-/m0/s1. The quantitative estimate of drug-likeness (QED) is 0.741. The maximum Gasteiger partial charge on any atom is 0.348 e. The maximum atomic E-state index is 12.2. The molecule has 0 radical (unpaired) electrons. The summed E-state index contributed by atoms with van der Waals surface area (Å²) in [6.45, 7) is 5.15. The van der Waals surface area contributed by atoms with Crippen LogP contribution in [0.3, 0.4) is 0 Å². The van der Waals surface area contributed by atoms with E-state index in [1.54, 1.807) is 45.0 Å². The van der Waals surface area contributed by atoms with Crippen LogP contribution in [0.2, 0.25) is 0 Å². The van der Waals surface area contributed by atoms with Crippen molar-refractivity contribution in [1.29, 1.82) is 0 Å². The van der Waals surface area contributed by atoms with Gasteiger partial charge in [-0.2, -0.15) is 0 Å². The minimum Gasteiger partial charge on any atom is -0.479 e. The van der Waals surface area contributed by atoms with Crippen LogP contribution in [-0.2, 0) is 14.3 Å². The molecule has 3 N–H and O–H groups in total. The summed E-state index contributed by atoms with van der Waals surface area (Å²) in [5.74, 6) is -1.23. The number of carbonyl (C=O) groups excluding carboxylic acids is 3. The summed E-state index contributed by atoms with van der Waals surface area (Å²) in [6, 6.07) is 7.83. The molecule has 1 aromatic rings. The van der Waals surface area contributed by atoms with Crippen LogP contribution in [0.4, 0.5) is 4.79 Å². The van der Waals surface area contributed by atoms with E-state index in [0.717, 1.165) is 0 Å². The zero-order valence-corrected chi connectivity index (χ0v) is 13.4. The average molecular weight is 322 g/mol. The SMILES string of the molecule is CC[C@H](Oc1ccccc1)C(=O)O[C@H](C(=O)NC(N)=O)C(C)C. The normalized spacial score (nSPS) is 13.0. The van der Waals surface area contributed by atoms with Crippen LogP contribution >= 0.6 is 0 Å². The van der Waals surface area contributed by atoms with Crippen molar-refractivity contribution in [3.63, 3.8) is 0 Å². The van der Waals surface area contributed by atoms with Gasteiger partial charge in [0.25, 0.3) is 5.91 Å². The third-order valence-corrected chi connectivity index (χ3v) is 3.01. The van der Waals surface area contributed by atoms with E-state index >= 15 is 0 Å². The molecule has 0 aliphatic carbocycles. The second-order valence-electron chi connectivity index (χ2n) is 5.28. The number of para-hydroxylation sites is 1. The number of esters is 1. The molecular formula is C16H22N2O5. The number of primary amides is 1. The van der Waals surface area contributed by atoms with Gasteiger partial charge < -0.3 is 15.2 Å². The van der Waals surface area contributed by atoms with Crippen LogP contribution in [0.25, 0.3) is 0 Å². The van der Waals surface area contributed by atoms with Crippen molar-refractivity contribution < 1.29 is 23.9 Å². The summed E-state index contributed by atoms with van der Waals surface area (Å²) in [5, 5.41) is 1.92. The summed E-state index contributed by atoms with van der Waals surface area (Å²) in [5.41, 5.74) is 4.91. The van der Waals surface area contributed by atoms with Gasteiger partial charge in [-0.15, -0.1) is 0 Å². The topological polar surface area (TPSA) is 108 Å². The molecule has 0 saturated carbocycles. The molecule has 0 aliphatic heterocycles. The lowest BCUT2D eigenvalue weighted by Crippen LogP contribution is -2.47. The summed E-state index contributed by atoms with van der Waals surface area (Å²) >= 11 is 0. The highest BCUT2D eigenvalue weighted by Gasteiger charge is 2.31. The summed E-state index contributed by atoms with van der Waals surface area (Å²) in [4.78, 5) is 34.9. The number of hydrogen-bond donors (Lipinski definition) is 2. The molecule has 0 spiro atoms. The summed E-state index contributed by atoms with van der Waals surface area (Å²) < 4.78 is 10.8. The molecule has 0 aromatic heterocycles. The third-order valence-electron chi connectivity index (χ3n) is 3.01. The summed E-state index contributed by atoms with van der Waals surface area (Å²) in [6.07, 6.45) is -1.60. The Labute approximate surface area is 135 Å². The number of urea groups is 1. The van der Waals surface area contributed by atoms with Crippen LogP contribution in [0, 0.1) is 5.92 Å². The highest BCUT2D eigenvalue weighted by atomic mass is 16.6. The van der Waals surface area contributed by atoms with Crippen molar-refractivity contribution in [3.05, 3.63) is 30.3 Å². The highest BCUT2D eigenvalue weighted by Crippen LogP contribution is 2.15. The van der Waals surface area contributed by atoms with Gasteiger partial charge >= 0.3 is 12.0 Å². The zero-order chi connectivity index (χ0) is 17.4. The van der Waals surface area contributed by atoms with E-state index in [1.807, 2.05) is 11.4 Å². The Kier molecular flexibility index (Phi) is 7.05. The predicted octanol–water partition coefficient (Wildman–Crippen LogP) is 1.61. The van der Waals surface area contributed by atoms with Crippen LogP contribution in [0.15, 0.2) is 30.3 Å². The molecule has 0 fully saturated rings. The van der Waals surface area contributed by atoms with Gasteiger partial charge in [0.1, 0.15) is 5.75 Å². The van der Waals surface area contributed by atoms with E-state index in [4.69, 9.17) is 15.2 Å². The Morgan fingerprint density at radius 2 is 1.78 bits per heavy atom. The molecule has 0 aliphatic rings. The molecule has 0 bridgehead atoms. The zero-order valence-electron chi connectivity index (χ0n) is 13.4. The minimum atomic E-state index is -1.12. The number of benzene rings is 1. The summed E-state index contributed by atoms with van der Waals surface area (Å²) in [7, 11) is 0. The molecule has 23 heavy (non-hydrogen) atoms. The fourth-order valence-electron chi connectivity index (χ4n) is 1.85. The van der Waals surface area contributed by atoms with Gasteiger partial charge in [0.15, 0.2) is 12.2 Å². The molecule has 3 amide bonds. The Morgan fingerprint density at radius 3 is 2.26 bits per heavy atom. The number of amides is 3. The van der Waals surface area contributed by atoms with Crippen LogP contribution in [0.1, 0.15) is 27.2 Å². The molecule has 126 valence electrons. The number of carbonyl (C=O) groups is 3. The number of nitrogens with two attached hydrogens (primary N) is 1. The fraction of sp³-hybridized carbons (Fsp3) is 0.438. The Bertz CT molecular complexity index is 545. The van der Waals surface area contributed by atoms with Crippen molar-refractivity contribution in [3.8, 4) is 5.75 Å². The van der Waals surface area contributed by atoms with Crippen LogP contribution in [0.5, 0.6) is 5.75 Å². The van der Waals surface area contributed by atoms with Gasteiger partial charge in [-0.05, 0) is 24.5 Å². The van der Waals surface area contributed by atoms with E-state index in [0.29, 0.717) is 12.2 Å². The average Bonchev–Trinajstić information content (AvgIpc) is 2.49. The first-order valence-corrected chi connectivity index (χ1v) is 7.37. The van der Waals surface area contributed by atoms with E-state index in [-0.39, 0.29) is 5.92 Å². The fourth-order valence-corrected chi connectivity index (χ4v) is 1.85. The number of ether oxygens (including phenoxy) is 2. The van der Waals surface area contributed by atoms with Crippen molar-refractivity contribution in [2.45, 2.75) is 39.4 Å². The molecule has 0 unspecified atom stereocenters. The number of nitrogens with one attached hydrogen (secondary N) is 1. The monoisotopic (exact) mass is 322 g/mol. The van der Waals surface area contributed by atoms with Gasteiger partial charge in [0, 0.05) is 0 Å². The molecule has 7 nitrogen and oxygen atoms in total. The second kappa shape index (κ2) is 8.77. The number of rotatable bonds is 7. The number of imide groups is 1. The first kappa shape index (κ1) is 18.5. The van der Waals surface area contributed by atoms with E-state index < -0.39 is 30.1 Å². The van der Waals surface area contributed by atoms with Gasteiger partial charge in [0.2, 0.25) is 0 Å². The smallest absolute Gasteiger partial charge is 0.348 e. The second-order valence-corrected chi connectivity index (χ2v) is 5.28. The molecule has 1 rings (SSSR count). The molecule has 2 atom stereocenters. The minimum absolute atomic E-state index is 0.326. The first-order chi connectivity index (χ1) is 10.8. The van der Waals surface area contributed by atoms with Crippen molar-refractivity contribution in [2.75, 3.05) is 0 Å². The maximum absolute atomic E-state index is 12.2. The Morgan fingerprint density at radius 1 is 1.17 bits per heavy atom. The van der Waals surface area contributed by atoms with Gasteiger partial charge in [-0.25, -0.2) is 9.59 Å². The highest BCUT2D eigenvalue weighted by molar-refractivity contribution is 5.96. The van der Waals surface area contributed by atoms with Gasteiger partial charge in [-0.1, -0.05) is 39.0 Å². The number of hydrogen-bond acceptors (Lipinski definition) is 5. The predicted molar refractivity (Wildman–Crippen MR) is 83.6 cm³/mol. The van der Waals surface area contributed by atoms with Gasteiger partial charge in [-0.3, -0.25) is 10.1 Å². The first-order valence-electron chi connectivity index (χ1n) is 7.37. The third kappa shape index (κ3) is 5.98. The van der Waals surface area contributed by atoms with Crippen LogP contribution in [-0.4, -0.2) is 30.1 Å². The van der Waals surface area contributed by atoms with Crippen molar-refractivity contribution in [2.24, 2.45) is 11.7 Å². The van der Waals surface area contributed by atoms with Crippen molar-refractivity contribution >= 4 is 17.9 Å².